The molecule has 7 heteroatoms. The van der Waals surface area contributed by atoms with Gasteiger partial charge in [0.15, 0.2) is 5.82 Å². The van der Waals surface area contributed by atoms with Crippen molar-refractivity contribution in [3.05, 3.63) is 59.9 Å². The van der Waals surface area contributed by atoms with Crippen molar-refractivity contribution in [1.82, 2.24) is 5.16 Å². The molecular weight excluding hydrogens is 340 g/mol. The van der Waals surface area contributed by atoms with Gasteiger partial charge >= 0.3 is 0 Å². The van der Waals surface area contributed by atoms with Crippen molar-refractivity contribution in [3.8, 4) is 16.9 Å². The van der Waals surface area contributed by atoms with Gasteiger partial charge in [0.05, 0.1) is 12.0 Å². The Kier molecular flexibility index (Phi) is 4.50. The van der Waals surface area contributed by atoms with Crippen LogP contribution in [-0.2, 0) is 10.0 Å². The standard InChI is InChI=1S/C18H18N2O4S/c1-12-13(2)24-19-18(12)20-25(21,22)17-11-15(23-3)9-10-16(17)14-7-5-4-6-8-14/h4-11H,1-3H3,(H,19,20). The van der Waals surface area contributed by atoms with Crippen molar-refractivity contribution in [1.29, 1.82) is 0 Å². The van der Waals surface area contributed by atoms with E-state index in [0.29, 0.717) is 22.6 Å². The first-order valence-corrected chi connectivity index (χ1v) is 9.10. The van der Waals surface area contributed by atoms with E-state index < -0.39 is 10.0 Å². The Balaban J connectivity index is 2.12. The van der Waals surface area contributed by atoms with E-state index in [1.54, 1.807) is 26.0 Å². The summed E-state index contributed by atoms with van der Waals surface area (Å²) < 4.78 is 38.7. The van der Waals surface area contributed by atoms with Gasteiger partial charge in [-0.05, 0) is 31.5 Å². The van der Waals surface area contributed by atoms with Crippen LogP contribution in [0.3, 0.4) is 0 Å². The number of benzene rings is 2. The highest BCUT2D eigenvalue weighted by atomic mass is 32.2. The Morgan fingerprint density at radius 3 is 2.40 bits per heavy atom. The highest BCUT2D eigenvalue weighted by Crippen LogP contribution is 2.32. The highest BCUT2D eigenvalue weighted by molar-refractivity contribution is 7.92. The average molecular weight is 358 g/mol. The van der Waals surface area contributed by atoms with Gasteiger partial charge in [-0.3, -0.25) is 4.72 Å². The molecule has 1 N–H and O–H groups in total. The smallest absolute Gasteiger partial charge is 0.263 e. The van der Waals surface area contributed by atoms with Gasteiger partial charge in [-0.15, -0.1) is 0 Å². The maximum Gasteiger partial charge on any atom is 0.263 e. The SMILES string of the molecule is COc1ccc(-c2ccccc2)c(S(=O)(=O)Nc2noc(C)c2C)c1. The summed E-state index contributed by atoms with van der Waals surface area (Å²) in [4.78, 5) is 0.109. The number of anilines is 1. The Morgan fingerprint density at radius 2 is 1.80 bits per heavy atom. The summed E-state index contributed by atoms with van der Waals surface area (Å²) in [6.45, 7) is 3.47. The van der Waals surface area contributed by atoms with Crippen LogP contribution in [0.2, 0.25) is 0 Å². The van der Waals surface area contributed by atoms with E-state index in [2.05, 4.69) is 9.88 Å². The number of aromatic nitrogens is 1. The first-order valence-electron chi connectivity index (χ1n) is 7.61. The number of hydrogen-bond acceptors (Lipinski definition) is 5. The van der Waals surface area contributed by atoms with Gasteiger partial charge < -0.3 is 9.26 Å². The number of rotatable bonds is 5. The van der Waals surface area contributed by atoms with E-state index in [-0.39, 0.29) is 10.7 Å². The van der Waals surface area contributed by atoms with Crippen molar-refractivity contribution in [2.45, 2.75) is 18.7 Å². The second-order valence-electron chi connectivity index (χ2n) is 5.55. The number of ether oxygens (including phenoxy) is 1. The number of methoxy groups -OCH3 is 1. The fraction of sp³-hybridized carbons (Fsp3) is 0.167. The van der Waals surface area contributed by atoms with Gasteiger partial charge in [0.2, 0.25) is 0 Å². The molecule has 0 unspecified atom stereocenters. The zero-order valence-electron chi connectivity index (χ0n) is 14.1. The van der Waals surface area contributed by atoms with Crippen molar-refractivity contribution in [2.24, 2.45) is 0 Å². The minimum Gasteiger partial charge on any atom is -0.497 e. The van der Waals surface area contributed by atoms with Crippen LogP contribution in [0.5, 0.6) is 5.75 Å². The molecule has 3 aromatic rings. The molecule has 1 heterocycles. The largest absolute Gasteiger partial charge is 0.497 e. The summed E-state index contributed by atoms with van der Waals surface area (Å²) in [5.41, 5.74) is 2.01. The molecule has 0 spiro atoms. The predicted molar refractivity (Wildman–Crippen MR) is 95.2 cm³/mol. The van der Waals surface area contributed by atoms with Crippen molar-refractivity contribution in [3.63, 3.8) is 0 Å². The van der Waals surface area contributed by atoms with Crippen LogP contribution in [0, 0.1) is 13.8 Å². The second-order valence-corrected chi connectivity index (χ2v) is 7.20. The minimum absolute atomic E-state index is 0.109. The molecule has 0 fully saturated rings. The first-order chi connectivity index (χ1) is 11.9. The van der Waals surface area contributed by atoms with E-state index in [0.717, 1.165) is 5.56 Å². The Labute approximate surface area is 146 Å². The zero-order valence-corrected chi connectivity index (χ0v) is 14.9. The quantitative estimate of drug-likeness (QED) is 0.751. The number of sulfonamides is 1. The molecule has 2 aromatic carbocycles. The van der Waals surface area contributed by atoms with Gasteiger partial charge in [0.1, 0.15) is 11.5 Å². The van der Waals surface area contributed by atoms with E-state index in [9.17, 15) is 8.42 Å². The summed E-state index contributed by atoms with van der Waals surface area (Å²) in [5.74, 6) is 1.19. The van der Waals surface area contributed by atoms with Crippen LogP contribution in [0.25, 0.3) is 11.1 Å². The normalized spacial score (nSPS) is 11.3. The lowest BCUT2D eigenvalue weighted by Crippen LogP contribution is -2.15. The molecule has 25 heavy (non-hydrogen) atoms. The lowest BCUT2D eigenvalue weighted by Gasteiger charge is -2.13. The monoisotopic (exact) mass is 358 g/mol. The van der Waals surface area contributed by atoms with Gasteiger partial charge in [-0.25, -0.2) is 8.42 Å². The minimum atomic E-state index is -3.89. The third-order valence-corrected chi connectivity index (χ3v) is 5.33. The van der Waals surface area contributed by atoms with E-state index in [4.69, 9.17) is 9.26 Å². The fourth-order valence-corrected chi connectivity index (χ4v) is 3.70. The molecule has 0 aliphatic carbocycles. The molecule has 0 amide bonds. The van der Waals surface area contributed by atoms with Crippen molar-refractivity contribution >= 4 is 15.8 Å². The summed E-state index contributed by atoms with van der Waals surface area (Å²) in [6, 6.07) is 14.2. The average Bonchev–Trinajstić information content (AvgIpc) is 2.93. The Bertz CT molecular complexity index is 995. The molecule has 0 saturated carbocycles. The molecule has 0 aliphatic heterocycles. The molecule has 0 aliphatic rings. The number of nitrogens with zero attached hydrogens (tertiary/aromatic N) is 1. The number of aryl methyl sites for hydroxylation is 1. The second kappa shape index (κ2) is 6.60. The lowest BCUT2D eigenvalue weighted by molar-refractivity contribution is 0.399. The Morgan fingerprint density at radius 1 is 1.08 bits per heavy atom. The van der Waals surface area contributed by atoms with Crippen LogP contribution >= 0.6 is 0 Å². The van der Waals surface area contributed by atoms with Crippen LogP contribution in [-0.4, -0.2) is 20.7 Å². The summed E-state index contributed by atoms with van der Waals surface area (Å²) in [7, 11) is -2.39. The van der Waals surface area contributed by atoms with Gasteiger partial charge in [0.25, 0.3) is 10.0 Å². The molecule has 1 aromatic heterocycles. The molecule has 0 radical (unpaired) electrons. The maximum atomic E-state index is 13.0. The van der Waals surface area contributed by atoms with Gasteiger partial charge in [-0.2, -0.15) is 0 Å². The van der Waals surface area contributed by atoms with Crippen molar-refractivity contribution in [2.75, 3.05) is 11.8 Å². The van der Waals surface area contributed by atoms with Crippen LogP contribution in [0.15, 0.2) is 57.9 Å². The molecule has 6 nitrogen and oxygen atoms in total. The van der Waals surface area contributed by atoms with Crippen molar-refractivity contribution < 1.29 is 17.7 Å². The molecule has 3 rings (SSSR count). The summed E-state index contributed by atoms with van der Waals surface area (Å²) in [5, 5.41) is 3.77. The summed E-state index contributed by atoms with van der Waals surface area (Å²) in [6.07, 6.45) is 0. The maximum absolute atomic E-state index is 13.0. The predicted octanol–water partition coefficient (Wildman–Crippen LogP) is 3.77. The Hall–Kier alpha value is -2.80. The molecule has 0 atom stereocenters. The zero-order chi connectivity index (χ0) is 18.0. The first kappa shape index (κ1) is 17.0. The van der Waals surface area contributed by atoms with E-state index in [1.807, 2.05) is 30.3 Å². The fourth-order valence-electron chi connectivity index (χ4n) is 2.40. The van der Waals surface area contributed by atoms with Gasteiger partial charge in [0, 0.05) is 17.2 Å². The molecule has 0 saturated heterocycles. The lowest BCUT2D eigenvalue weighted by atomic mass is 10.1. The van der Waals surface area contributed by atoms with E-state index >= 15 is 0 Å². The van der Waals surface area contributed by atoms with E-state index in [1.165, 1.54) is 13.2 Å². The highest BCUT2D eigenvalue weighted by Gasteiger charge is 2.23. The molecule has 130 valence electrons. The number of nitrogens with one attached hydrogen (secondary N) is 1. The van der Waals surface area contributed by atoms with Crippen LogP contribution in [0.1, 0.15) is 11.3 Å². The molecular formula is C18H18N2O4S. The molecule has 0 bridgehead atoms. The van der Waals surface area contributed by atoms with Crippen LogP contribution < -0.4 is 9.46 Å². The summed E-state index contributed by atoms with van der Waals surface area (Å²) >= 11 is 0. The van der Waals surface area contributed by atoms with Crippen LogP contribution in [0.4, 0.5) is 5.82 Å². The topological polar surface area (TPSA) is 81.4 Å². The third kappa shape index (κ3) is 3.36. The number of hydrogen-bond donors (Lipinski definition) is 1. The van der Waals surface area contributed by atoms with Gasteiger partial charge in [-0.1, -0.05) is 35.5 Å². The third-order valence-electron chi connectivity index (χ3n) is 3.95.